The Balaban J connectivity index is 1.69. The molecule has 0 aliphatic carbocycles. The molecule has 2 N–H and O–H groups in total. The van der Waals surface area contributed by atoms with E-state index in [-0.39, 0.29) is 49.3 Å². The van der Waals surface area contributed by atoms with Gasteiger partial charge in [0, 0.05) is 25.4 Å². The summed E-state index contributed by atoms with van der Waals surface area (Å²) in [6.07, 6.45) is 1.62. The van der Waals surface area contributed by atoms with E-state index in [0.29, 0.717) is 18.6 Å². The van der Waals surface area contributed by atoms with Crippen molar-refractivity contribution in [3.8, 4) is 0 Å². The number of nitrogens with zero attached hydrogens (tertiary/aromatic N) is 2. The van der Waals surface area contributed by atoms with Gasteiger partial charge in [0.25, 0.3) is 5.91 Å². The van der Waals surface area contributed by atoms with Crippen molar-refractivity contribution in [1.29, 1.82) is 0 Å². The predicted octanol–water partition coefficient (Wildman–Crippen LogP) is 1.30. The molecule has 0 radical (unpaired) electrons. The highest BCUT2D eigenvalue weighted by Gasteiger charge is 2.33. The van der Waals surface area contributed by atoms with E-state index in [9.17, 15) is 23.9 Å². The van der Waals surface area contributed by atoms with E-state index >= 15 is 0 Å². The summed E-state index contributed by atoms with van der Waals surface area (Å²) in [6.45, 7) is 0.970. The van der Waals surface area contributed by atoms with E-state index < -0.39 is 17.9 Å². The number of benzene rings is 1. The second kappa shape index (κ2) is 8.92. The van der Waals surface area contributed by atoms with Gasteiger partial charge in [-0.15, -0.1) is 0 Å². The minimum atomic E-state index is -1.13. The lowest BCUT2D eigenvalue weighted by Crippen LogP contribution is -2.51. The number of rotatable bonds is 6. The van der Waals surface area contributed by atoms with Crippen molar-refractivity contribution in [3.05, 3.63) is 35.6 Å². The van der Waals surface area contributed by atoms with Crippen LogP contribution in [-0.2, 0) is 25.7 Å². The van der Waals surface area contributed by atoms with Crippen molar-refractivity contribution in [1.82, 2.24) is 10.3 Å². The number of ether oxygens (including phenoxy) is 1. The number of hydrogen-bond acceptors (Lipinski definition) is 5. The molecule has 1 fully saturated rings. The minimum Gasteiger partial charge on any atom is -0.480 e. The summed E-state index contributed by atoms with van der Waals surface area (Å²) in [5.74, 6) is -2.68. The van der Waals surface area contributed by atoms with Crippen LogP contribution in [0, 0.1) is 11.7 Å². The molecule has 1 aromatic rings. The third kappa shape index (κ3) is 4.92. The maximum absolute atomic E-state index is 13.0. The highest BCUT2D eigenvalue weighted by molar-refractivity contribution is 6.39. The SMILES string of the molecule is O=C(NC(C(=O)O)C1CCCOC1)C1=NN(Cc2ccc(F)cc2)C(=O)CC1. The molecule has 2 atom stereocenters. The minimum absolute atomic E-state index is 0.0950. The Morgan fingerprint density at radius 2 is 2.07 bits per heavy atom. The lowest BCUT2D eigenvalue weighted by molar-refractivity contribution is -0.144. The molecular weight excluding hydrogens is 369 g/mol. The summed E-state index contributed by atoms with van der Waals surface area (Å²) in [7, 11) is 0. The fraction of sp³-hybridized carbons (Fsp3) is 0.474. The van der Waals surface area contributed by atoms with Crippen LogP contribution in [-0.4, -0.2) is 52.9 Å². The standard InChI is InChI=1S/C19H22FN3O5/c20-14-5-3-12(4-6-14)10-23-16(24)8-7-15(22-23)18(25)21-17(19(26)27)13-2-1-9-28-11-13/h3-6,13,17H,1-2,7-11H2,(H,21,25)(H,26,27). The zero-order chi connectivity index (χ0) is 20.1. The van der Waals surface area contributed by atoms with Gasteiger partial charge in [-0.2, -0.15) is 5.10 Å². The zero-order valence-corrected chi connectivity index (χ0v) is 15.3. The highest BCUT2D eigenvalue weighted by atomic mass is 19.1. The van der Waals surface area contributed by atoms with E-state index in [2.05, 4.69) is 10.4 Å². The highest BCUT2D eigenvalue weighted by Crippen LogP contribution is 2.19. The normalized spacial score (nSPS) is 21.0. The maximum atomic E-state index is 13.0. The maximum Gasteiger partial charge on any atom is 0.326 e. The summed E-state index contributed by atoms with van der Waals surface area (Å²) >= 11 is 0. The van der Waals surface area contributed by atoms with E-state index in [1.54, 1.807) is 0 Å². The molecule has 9 heteroatoms. The number of aliphatic carboxylic acids is 1. The first-order valence-corrected chi connectivity index (χ1v) is 9.17. The third-order valence-corrected chi connectivity index (χ3v) is 4.83. The van der Waals surface area contributed by atoms with Gasteiger partial charge in [-0.3, -0.25) is 9.59 Å². The van der Waals surface area contributed by atoms with Crippen LogP contribution < -0.4 is 5.32 Å². The Bertz CT molecular complexity index is 774. The second-order valence-electron chi connectivity index (χ2n) is 6.89. The average Bonchev–Trinajstić information content (AvgIpc) is 2.69. The van der Waals surface area contributed by atoms with Gasteiger partial charge in [-0.1, -0.05) is 12.1 Å². The molecule has 2 unspecified atom stereocenters. The Labute approximate surface area is 161 Å². The molecule has 2 heterocycles. The van der Waals surface area contributed by atoms with Crippen molar-refractivity contribution in [2.75, 3.05) is 13.2 Å². The molecule has 1 aromatic carbocycles. The number of hydrazone groups is 1. The summed E-state index contributed by atoms with van der Waals surface area (Å²) in [5.41, 5.74) is 0.771. The van der Waals surface area contributed by atoms with Crippen molar-refractivity contribution < 1.29 is 28.6 Å². The lowest BCUT2D eigenvalue weighted by Gasteiger charge is -2.29. The first kappa shape index (κ1) is 19.9. The van der Waals surface area contributed by atoms with E-state index in [1.165, 1.54) is 24.3 Å². The smallest absolute Gasteiger partial charge is 0.326 e. The van der Waals surface area contributed by atoms with Crippen molar-refractivity contribution in [3.63, 3.8) is 0 Å². The molecule has 8 nitrogen and oxygen atoms in total. The van der Waals surface area contributed by atoms with Gasteiger partial charge < -0.3 is 15.2 Å². The van der Waals surface area contributed by atoms with Gasteiger partial charge in [0.1, 0.15) is 17.6 Å². The second-order valence-corrected chi connectivity index (χ2v) is 6.89. The summed E-state index contributed by atoms with van der Waals surface area (Å²) in [5, 5.41) is 17.3. The molecule has 1 saturated heterocycles. The molecule has 0 saturated carbocycles. The van der Waals surface area contributed by atoms with Gasteiger partial charge in [0.2, 0.25) is 5.91 Å². The first-order chi connectivity index (χ1) is 13.4. The summed E-state index contributed by atoms with van der Waals surface area (Å²) < 4.78 is 18.4. The average molecular weight is 391 g/mol. The fourth-order valence-corrected chi connectivity index (χ4v) is 3.29. The van der Waals surface area contributed by atoms with Gasteiger partial charge in [-0.05, 0) is 30.5 Å². The van der Waals surface area contributed by atoms with E-state index in [0.717, 1.165) is 11.4 Å². The topological polar surface area (TPSA) is 108 Å². The molecule has 2 aliphatic heterocycles. The number of halogens is 1. The molecular formula is C19H22FN3O5. The summed E-state index contributed by atoms with van der Waals surface area (Å²) in [4.78, 5) is 36.3. The fourth-order valence-electron chi connectivity index (χ4n) is 3.29. The van der Waals surface area contributed by atoms with Crippen LogP contribution >= 0.6 is 0 Å². The van der Waals surface area contributed by atoms with Crippen LogP contribution in [0.2, 0.25) is 0 Å². The van der Waals surface area contributed by atoms with Crippen LogP contribution in [0.5, 0.6) is 0 Å². The zero-order valence-electron chi connectivity index (χ0n) is 15.3. The largest absolute Gasteiger partial charge is 0.480 e. The van der Waals surface area contributed by atoms with Crippen molar-refractivity contribution in [2.24, 2.45) is 11.0 Å². The van der Waals surface area contributed by atoms with Crippen LogP contribution in [0.25, 0.3) is 0 Å². The molecule has 150 valence electrons. The number of amides is 2. The predicted molar refractivity (Wildman–Crippen MR) is 96.7 cm³/mol. The van der Waals surface area contributed by atoms with E-state index in [4.69, 9.17) is 4.74 Å². The Hall–Kier alpha value is -2.81. The molecule has 2 amide bonds. The van der Waals surface area contributed by atoms with Crippen molar-refractivity contribution in [2.45, 2.75) is 38.3 Å². The van der Waals surface area contributed by atoms with Gasteiger partial charge in [-0.25, -0.2) is 14.2 Å². The monoisotopic (exact) mass is 391 g/mol. The van der Waals surface area contributed by atoms with Crippen LogP contribution in [0.4, 0.5) is 4.39 Å². The number of carboxylic acids is 1. The van der Waals surface area contributed by atoms with Crippen LogP contribution in [0.3, 0.4) is 0 Å². The number of carbonyl (C=O) groups excluding carboxylic acids is 2. The molecule has 28 heavy (non-hydrogen) atoms. The number of carboxylic acid groups (broad SMARTS) is 1. The first-order valence-electron chi connectivity index (χ1n) is 9.17. The Kier molecular flexibility index (Phi) is 6.35. The van der Waals surface area contributed by atoms with Crippen LogP contribution in [0.15, 0.2) is 29.4 Å². The Morgan fingerprint density at radius 1 is 1.32 bits per heavy atom. The third-order valence-electron chi connectivity index (χ3n) is 4.83. The number of nitrogens with one attached hydrogen (secondary N) is 1. The van der Waals surface area contributed by atoms with Gasteiger partial charge in [0.05, 0.1) is 13.2 Å². The van der Waals surface area contributed by atoms with Gasteiger partial charge >= 0.3 is 5.97 Å². The lowest BCUT2D eigenvalue weighted by atomic mass is 9.93. The Morgan fingerprint density at radius 3 is 2.71 bits per heavy atom. The van der Waals surface area contributed by atoms with Crippen molar-refractivity contribution >= 4 is 23.5 Å². The number of carbonyl (C=O) groups is 3. The number of hydrogen-bond donors (Lipinski definition) is 2. The molecule has 3 rings (SSSR count). The van der Waals surface area contributed by atoms with Gasteiger partial charge in [0.15, 0.2) is 0 Å². The molecule has 0 aromatic heterocycles. The van der Waals surface area contributed by atoms with E-state index in [1.807, 2.05) is 0 Å². The molecule has 0 spiro atoms. The summed E-state index contributed by atoms with van der Waals surface area (Å²) in [6, 6.07) is 4.57. The quantitative estimate of drug-likeness (QED) is 0.760. The molecule has 2 aliphatic rings. The molecule has 0 bridgehead atoms. The van der Waals surface area contributed by atoms with Crippen LogP contribution in [0.1, 0.15) is 31.2 Å².